The van der Waals surface area contributed by atoms with Crippen molar-refractivity contribution in [3.63, 3.8) is 0 Å². The van der Waals surface area contributed by atoms with Crippen LogP contribution in [0.4, 0.5) is 33.6 Å². The van der Waals surface area contributed by atoms with Crippen molar-refractivity contribution in [1.82, 2.24) is 20.2 Å². The van der Waals surface area contributed by atoms with E-state index in [1.54, 1.807) is 13.0 Å². The first-order valence-electron chi connectivity index (χ1n) is 11.5. The van der Waals surface area contributed by atoms with Crippen molar-refractivity contribution < 1.29 is 31.5 Å². The summed E-state index contributed by atoms with van der Waals surface area (Å²) in [7, 11) is 0. The van der Waals surface area contributed by atoms with Gasteiger partial charge in [0.05, 0.1) is 13.0 Å². The van der Waals surface area contributed by atoms with E-state index in [0.717, 1.165) is 23.8 Å². The van der Waals surface area contributed by atoms with Gasteiger partial charge in [-0.2, -0.15) is 18.2 Å². The molecule has 12 heteroatoms. The molecule has 2 aromatic rings. The summed E-state index contributed by atoms with van der Waals surface area (Å²) in [4.78, 5) is 34.5. The number of rotatable bonds is 7. The highest BCUT2D eigenvalue weighted by atomic mass is 19.4. The number of hydrogen-bond acceptors (Lipinski definition) is 5. The maximum atomic E-state index is 14.3. The van der Waals surface area contributed by atoms with E-state index in [4.69, 9.17) is 0 Å². The minimum Gasteiger partial charge on any atom is -0.354 e. The second-order valence-electron chi connectivity index (χ2n) is 9.18. The molecule has 2 aliphatic rings. The van der Waals surface area contributed by atoms with Crippen LogP contribution in [0.5, 0.6) is 0 Å². The van der Waals surface area contributed by atoms with Gasteiger partial charge in [-0.15, -0.1) is 0 Å². The van der Waals surface area contributed by atoms with Crippen molar-refractivity contribution in [2.45, 2.75) is 57.2 Å². The highest BCUT2D eigenvalue weighted by Gasteiger charge is 2.43. The summed E-state index contributed by atoms with van der Waals surface area (Å²) in [5, 5.41) is 5.48. The number of carbonyl (C=O) groups excluding carboxylic acids is 2. The molecule has 2 amide bonds. The Morgan fingerprint density at radius 3 is 2.64 bits per heavy atom. The van der Waals surface area contributed by atoms with Crippen molar-refractivity contribution in [3.05, 3.63) is 47.3 Å². The number of aromatic nitrogens is 2. The van der Waals surface area contributed by atoms with E-state index >= 15 is 0 Å². The molecule has 0 spiro atoms. The van der Waals surface area contributed by atoms with E-state index in [1.807, 2.05) is 0 Å². The summed E-state index contributed by atoms with van der Waals surface area (Å²) in [6.07, 6.45) is -2.18. The van der Waals surface area contributed by atoms with Crippen molar-refractivity contribution in [1.29, 1.82) is 0 Å². The molecule has 0 bridgehead atoms. The zero-order valence-electron chi connectivity index (χ0n) is 19.4. The van der Waals surface area contributed by atoms with E-state index in [-0.39, 0.29) is 47.7 Å². The summed E-state index contributed by atoms with van der Waals surface area (Å²) >= 11 is 0. The third kappa shape index (κ3) is 6.59. The highest BCUT2D eigenvalue weighted by Crippen LogP contribution is 2.32. The SMILES string of the molecule is Cc1ccc(Nc2cc(CC(F)(F)F)c#cn2)nc1C(=O)N1CC(F)(F)CC[C@@H]1CNC(=O)C1CC1. The number of halogens is 5. The number of anilines is 2. The Balaban J connectivity index is 1.52. The van der Waals surface area contributed by atoms with E-state index in [9.17, 15) is 31.5 Å². The lowest BCUT2D eigenvalue weighted by atomic mass is 9.98. The van der Waals surface area contributed by atoms with E-state index < -0.39 is 43.4 Å². The zero-order valence-corrected chi connectivity index (χ0v) is 19.4. The van der Waals surface area contributed by atoms with Crippen LogP contribution in [0.15, 0.2) is 18.2 Å². The van der Waals surface area contributed by atoms with Crippen LogP contribution in [0.25, 0.3) is 0 Å². The third-order valence-electron chi connectivity index (χ3n) is 6.06. The van der Waals surface area contributed by atoms with E-state index in [2.05, 4.69) is 32.9 Å². The number of hydrogen-bond donors (Lipinski definition) is 2. The molecular weight excluding hydrogens is 485 g/mol. The Bertz CT molecular complexity index is 1140. The lowest BCUT2D eigenvalue weighted by molar-refractivity contribution is -0.127. The van der Waals surface area contributed by atoms with Crippen molar-refractivity contribution >= 4 is 23.5 Å². The molecule has 2 aromatic heterocycles. The number of alkyl halides is 5. The first-order valence-corrected chi connectivity index (χ1v) is 11.5. The Morgan fingerprint density at radius 2 is 1.94 bits per heavy atom. The molecule has 1 atom stereocenters. The fraction of sp³-hybridized carbons (Fsp3) is 0.500. The standard InChI is InChI=1S/C24H24F5N5O2/c1-14-2-5-18(32-19-10-15(7-9-30-19)11-24(27,28)29)33-20(14)22(36)34-13-23(25,26)8-6-17(34)12-31-21(35)16-3-4-16/h2,5,10,16-17H,3-4,6,8,11-13H2,1H3,(H,31,35)(H,30,32,33)/t17-/m1/s1. The molecule has 1 saturated heterocycles. The van der Waals surface area contributed by atoms with Gasteiger partial charge in [-0.25, -0.2) is 13.8 Å². The van der Waals surface area contributed by atoms with Gasteiger partial charge in [0.25, 0.3) is 11.8 Å². The van der Waals surface area contributed by atoms with Gasteiger partial charge in [0.1, 0.15) is 17.3 Å². The summed E-state index contributed by atoms with van der Waals surface area (Å²) in [5.41, 5.74) is 0.159. The molecule has 3 heterocycles. The smallest absolute Gasteiger partial charge is 0.354 e. The van der Waals surface area contributed by atoms with E-state index in [1.165, 1.54) is 6.07 Å². The van der Waals surface area contributed by atoms with Crippen LogP contribution in [0.2, 0.25) is 0 Å². The molecule has 36 heavy (non-hydrogen) atoms. The number of pyridine rings is 1. The normalized spacial score (nSPS) is 19.4. The van der Waals surface area contributed by atoms with Crippen molar-refractivity contribution in [2.24, 2.45) is 5.92 Å². The predicted molar refractivity (Wildman–Crippen MR) is 119 cm³/mol. The molecule has 2 N–H and O–H groups in total. The number of likely N-dealkylation sites (tertiary alicyclic amines) is 1. The fourth-order valence-electron chi connectivity index (χ4n) is 4.00. The van der Waals surface area contributed by atoms with E-state index in [0.29, 0.717) is 5.56 Å². The Kier molecular flexibility index (Phi) is 7.02. The monoisotopic (exact) mass is 509 g/mol. The maximum absolute atomic E-state index is 14.3. The Labute approximate surface area is 204 Å². The molecule has 4 rings (SSSR count). The zero-order chi connectivity index (χ0) is 26.1. The van der Waals surface area contributed by atoms with Gasteiger partial charge < -0.3 is 15.5 Å². The molecular formula is C24H24F5N5O2. The Morgan fingerprint density at radius 1 is 1.19 bits per heavy atom. The number of aryl methyl sites for hydroxylation is 1. The molecule has 2 fully saturated rings. The van der Waals surface area contributed by atoms with Crippen molar-refractivity contribution in [2.75, 3.05) is 18.4 Å². The summed E-state index contributed by atoms with van der Waals surface area (Å²) < 4.78 is 66.6. The minimum absolute atomic E-state index is 0.00734. The molecule has 0 radical (unpaired) electrons. The first-order chi connectivity index (χ1) is 16.9. The molecule has 192 valence electrons. The largest absolute Gasteiger partial charge is 0.393 e. The molecule has 0 aromatic carbocycles. The second-order valence-corrected chi connectivity index (χ2v) is 9.18. The van der Waals surface area contributed by atoms with Crippen molar-refractivity contribution in [3.8, 4) is 0 Å². The van der Waals surface area contributed by atoms with Gasteiger partial charge >= 0.3 is 6.18 Å². The van der Waals surface area contributed by atoms with Gasteiger partial charge in [-0.3, -0.25) is 9.59 Å². The number of nitrogens with zero attached hydrogens (tertiary/aromatic N) is 3. The van der Waals surface area contributed by atoms with Crippen LogP contribution >= 0.6 is 0 Å². The van der Waals surface area contributed by atoms with Crippen LogP contribution in [0.3, 0.4) is 0 Å². The molecule has 1 saturated carbocycles. The summed E-state index contributed by atoms with van der Waals surface area (Å²) in [6, 6.07) is 5.85. The van der Waals surface area contributed by atoms with Gasteiger partial charge in [0, 0.05) is 36.7 Å². The highest BCUT2D eigenvalue weighted by molar-refractivity contribution is 5.94. The van der Waals surface area contributed by atoms with Crippen LogP contribution in [0.1, 0.15) is 47.3 Å². The first kappa shape index (κ1) is 25.6. The van der Waals surface area contributed by atoms with Gasteiger partial charge in [-0.1, -0.05) is 6.07 Å². The molecule has 7 nitrogen and oxygen atoms in total. The fourth-order valence-corrected chi connectivity index (χ4v) is 4.00. The van der Waals surface area contributed by atoms with Crippen LogP contribution in [-0.2, 0) is 11.2 Å². The van der Waals surface area contributed by atoms with Gasteiger partial charge in [-0.05, 0) is 49.9 Å². The van der Waals surface area contributed by atoms with Crippen LogP contribution in [0, 0.1) is 25.1 Å². The maximum Gasteiger partial charge on any atom is 0.393 e. The quantitative estimate of drug-likeness (QED) is 0.551. The average molecular weight is 509 g/mol. The molecule has 1 aliphatic carbocycles. The second kappa shape index (κ2) is 9.87. The van der Waals surface area contributed by atoms with Gasteiger partial charge in [0.2, 0.25) is 5.91 Å². The third-order valence-corrected chi connectivity index (χ3v) is 6.06. The predicted octanol–water partition coefficient (Wildman–Crippen LogP) is 4.00. The average Bonchev–Trinajstić information content (AvgIpc) is 3.63. The summed E-state index contributed by atoms with van der Waals surface area (Å²) in [5.74, 6) is -3.89. The minimum atomic E-state index is -4.43. The number of carbonyl (C=O) groups is 2. The molecule has 0 unspecified atom stereocenters. The van der Waals surface area contributed by atoms with Crippen LogP contribution < -0.4 is 10.6 Å². The van der Waals surface area contributed by atoms with Crippen LogP contribution in [-0.4, -0.2) is 57.9 Å². The van der Waals surface area contributed by atoms with Gasteiger partial charge in [0.15, 0.2) is 0 Å². The lowest BCUT2D eigenvalue weighted by Gasteiger charge is -2.39. The Hall–Kier alpha value is -3.49. The molecule has 1 aliphatic heterocycles. The number of piperidine rings is 1. The topological polar surface area (TPSA) is 87.2 Å². The lowest BCUT2D eigenvalue weighted by Crippen LogP contribution is -2.55. The summed E-state index contributed by atoms with van der Waals surface area (Å²) in [6.45, 7) is 0.859. The number of amides is 2. The number of nitrogens with one attached hydrogen (secondary N) is 2.